The van der Waals surface area contributed by atoms with Crippen LogP contribution >= 0.6 is 11.6 Å². The fraction of sp³-hybridized carbons (Fsp3) is 0.417. The molecule has 0 aliphatic heterocycles. The van der Waals surface area contributed by atoms with E-state index in [-0.39, 0.29) is 5.92 Å². The van der Waals surface area contributed by atoms with Crippen LogP contribution in [0, 0.1) is 0 Å². The van der Waals surface area contributed by atoms with Crippen LogP contribution < -0.4 is 5.73 Å². The molecule has 2 rings (SSSR count). The largest absolute Gasteiger partial charge is 0.480 e. The number of carboxylic acids is 1. The van der Waals surface area contributed by atoms with Gasteiger partial charge in [0, 0.05) is 5.02 Å². The van der Waals surface area contributed by atoms with E-state index >= 15 is 0 Å². The quantitative estimate of drug-likeness (QED) is 0.833. The summed E-state index contributed by atoms with van der Waals surface area (Å²) in [5.74, 6) is -0.665. The molecule has 1 aromatic rings. The van der Waals surface area contributed by atoms with Gasteiger partial charge in [0.25, 0.3) is 0 Å². The standard InChI is InChI=1S/C12H14ClNO2/c13-10-3-1-8(2-4-10)9-5-6-12(14,7-9)11(15)16/h1-4,9H,5-7,14H2,(H,15,16)/t9-,12?/m0/s1. The molecule has 0 bridgehead atoms. The van der Waals surface area contributed by atoms with E-state index in [0.29, 0.717) is 17.9 Å². The van der Waals surface area contributed by atoms with Gasteiger partial charge in [-0.2, -0.15) is 0 Å². The van der Waals surface area contributed by atoms with E-state index in [4.69, 9.17) is 22.4 Å². The Morgan fingerprint density at radius 3 is 2.56 bits per heavy atom. The summed E-state index contributed by atoms with van der Waals surface area (Å²) in [6.45, 7) is 0. The Kier molecular flexibility index (Phi) is 2.91. The Bertz CT molecular complexity index is 404. The minimum Gasteiger partial charge on any atom is -0.480 e. The van der Waals surface area contributed by atoms with Crippen molar-refractivity contribution in [3.05, 3.63) is 34.9 Å². The van der Waals surface area contributed by atoms with E-state index in [9.17, 15) is 4.79 Å². The number of hydrogen-bond donors (Lipinski definition) is 2. The molecule has 0 aromatic heterocycles. The molecular weight excluding hydrogens is 226 g/mol. The molecule has 1 fully saturated rings. The first kappa shape index (κ1) is 11.4. The minimum atomic E-state index is -1.05. The average Bonchev–Trinajstić information content (AvgIpc) is 2.63. The maximum Gasteiger partial charge on any atom is 0.323 e. The SMILES string of the molecule is NC1(C(=O)O)CC[C@H](c2ccc(Cl)cc2)C1. The van der Waals surface area contributed by atoms with Crippen molar-refractivity contribution >= 4 is 17.6 Å². The van der Waals surface area contributed by atoms with Crippen molar-refractivity contribution in [2.75, 3.05) is 0 Å². The summed E-state index contributed by atoms with van der Waals surface area (Å²) in [4.78, 5) is 11.0. The molecule has 0 amide bonds. The zero-order chi connectivity index (χ0) is 11.8. The molecular formula is C12H14ClNO2. The smallest absolute Gasteiger partial charge is 0.323 e. The first-order chi connectivity index (χ1) is 7.51. The number of halogens is 1. The maximum atomic E-state index is 11.0. The highest BCUT2D eigenvalue weighted by Crippen LogP contribution is 2.39. The van der Waals surface area contributed by atoms with E-state index < -0.39 is 11.5 Å². The van der Waals surface area contributed by atoms with Crippen LogP contribution in [-0.2, 0) is 4.79 Å². The zero-order valence-corrected chi connectivity index (χ0v) is 9.57. The lowest BCUT2D eigenvalue weighted by Gasteiger charge is -2.18. The molecule has 4 heteroatoms. The number of carboxylic acid groups (broad SMARTS) is 1. The fourth-order valence-corrected chi connectivity index (χ4v) is 2.42. The predicted molar refractivity (Wildman–Crippen MR) is 62.6 cm³/mol. The van der Waals surface area contributed by atoms with Gasteiger partial charge in [0.05, 0.1) is 0 Å². The van der Waals surface area contributed by atoms with Crippen LogP contribution in [0.15, 0.2) is 24.3 Å². The third kappa shape index (κ3) is 2.06. The van der Waals surface area contributed by atoms with Crippen LogP contribution in [0.5, 0.6) is 0 Å². The van der Waals surface area contributed by atoms with Gasteiger partial charge < -0.3 is 10.8 Å². The van der Waals surface area contributed by atoms with Crippen LogP contribution in [-0.4, -0.2) is 16.6 Å². The van der Waals surface area contributed by atoms with Crippen molar-refractivity contribution in [2.45, 2.75) is 30.7 Å². The lowest BCUT2D eigenvalue weighted by atomic mass is 9.93. The van der Waals surface area contributed by atoms with Gasteiger partial charge in [0.15, 0.2) is 0 Å². The van der Waals surface area contributed by atoms with Crippen molar-refractivity contribution in [2.24, 2.45) is 5.73 Å². The van der Waals surface area contributed by atoms with Crippen LogP contribution in [0.3, 0.4) is 0 Å². The molecule has 1 aromatic carbocycles. The van der Waals surface area contributed by atoms with Crippen molar-refractivity contribution in [1.29, 1.82) is 0 Å². The van der Waals surface area contributed by atoms with Gasteiger partial charge in [-0.1, -0.05) is 23.7 Å². The molecule has 1 aliphatic rings. The van der Waals surface area contributed by atoms with Gasteiger partial charge in [-0.15, -0.1) is 0 Å². The normalized spacial score (nSPS) is 29.2. The van der Waals surface area contributed by atoms with Crippen molar-refractivity contribution in [3.8, 4) is 0 Å². The Morgan fingerprint density at radius 1 is 1.44 bits per heavy atom. The van der Waals surface area contributed by atoms with E-state index in [0.717, 1.165) is 12.0 Å². The Morgan fingerprint density at radius 2 is 2.06 bits per heavy atom. The second-order valence-electron chi connectivity index (χ2n) is 4.45. The van der Waals surface area contributed by atoms with Crippen LogP contribution in [0.4, 0.5) is 0 Å². The molecule has 0 saturated heterocycles. The van der Waals surface area contributed by atoms with Gasteiger partial charge in [0.1, 0.15) is 5.54 Å². The van der Waals surface area contributed by atoms with E-state index in [1.807, 2.05) is 24.3 Å². The third-order valence-corrected chi connectivity index (χ3v) is 3.57. The molecule has 3 nitrogen and oxygen atoms in total. The van der Waals surface area contributed by atoms with Crippen LogP contribution in [0.25, 0.3) is 0 Å². The van der Waals surface area contributed by atoms with Crippen molar-refractivity contribution in [3.63, 3.8) is 0 Å². The molecule has 0 radical (unpaired) electrons. The third-order valence-electron chi connectivity index (χ3n) is 3.32. The Labute approximate surface area is 99.2 Å². The molecule has 86 valence electrons. The van der Waals surface area contributed by atoms with E-state index in [2.05, 4.69) is 0 Å². The number of aliphatic carboxylic acids is 1. The highest BCUT2D eigenvalue weighted by molar-refractivity contribution is 6.30. The van der Waals surface area contributed by atoms with Gasteiger partial charge in [-0.25, -0.2) is 0 Å². The summed E-state index contributed by atoms with van der Waals surface area (Å²) in [6.07, 6.45) is 1.87. The number of rotatable bonds is 2. The maximum absolute atomic E-state index is 11.0. The predicted octanol–water partition coefficient (Wildman–Crippen LogP) is 2.39. The lowest BCUT2D eigenvalue weighted by Crippen LogP contribution is -2.45. The molecule has 16 heavy (non-hydrogen) atoms. The number of hydrogen-bond acceptors (Lipinski definition) is 2. The highest BCUT2D eigenvalue weighted by atomic mass is 35.5. The molecule has 2 atom stereocenters. The zero-order valence-electron chi connectivity index (χ0n) is 8.82. The fourth-order valence-electron chi connectivity index (χ4n) is 2.29. The number of benzene rings is 1. The van der Waals surface area contributed by atoms with Crippen LogP contribution in [0.1, 0.15) is 30.7 Å². The first-order valence-corrected chi connectivity index (χ1v) is 5.67. The minimum absolute atomic E-state index is 0.235. The van der Waals surface area contributed by atoms with Gasteiger partial charge >= 0.3 is 5.97 Å². The van der Waals surface area contributed by atoms with Crippen LogP contribution in [0.2, 0.25) is 5.02 Å². The Hall–Kier alpha value is -1.06. The van der Waals surface area contributed by atoms with E-state index in [1.54, 1.807) is 0 Å². The van der Waals surface area contributed by atoms with Crippen molar-refractivity contribution < 1.29 is 9.90 Å². The Balaban J connectivity index is 2.15. The van der Waals surface area contributed by atoms with E-state index in [1.165, 1.54) is 0 Å². The second kappa shape index (κ2) is 4.07. The summed E-state index contributed by atoms with van der Waals surface area (Å²) < 4.78 is 0. The summed E-state index contributed by atoms with van der Waals surface area (Å²) in [5, 5.41) is 9.73. The number of carbonyl (C=O) groups is 1. The van der Waals surface area contributed by atoms with Gasteiger partial charge in [-0.05, 0) is 42.9 Å². The molecule has 1 saturated carbocycles. The number of nitrogens with two attached hydrogens (primary N) is 1. The van der Waals surface area contributed by atoms with Gasteiger partial charge in [-0.3, -0.25) is 4.79 Å². The summed E-state index contributed by atoms with van der Waals surface area (Å²) in [7, 11) is 0. The second-order valence-corrected chi connectivity index (χ2v) is 4.89. The summed E-state index contributed by atoms with van der Waals surface area (Å²) in [5.41, 5.74) is 5.91. The average molecular weight is 240 g/mol. The first-order valence-electron chi connectivity index (χ1n) is 5.29. The molecule has 0 heterocycles. The highest BCUT2D eigenvalue weighted by Gasteiger charge is 2.42. The molecule has 3 N–H and O–H groups in total. The lowest BCUT2D eigenvalue weighted by molar-refractivity contribution is -0.143. The molecule has 1 aliphatic carbocycles. The summed E-state index contributed by atoms with van der Waals surface area (Å²) in [6, 6.07) is 7.55. The monoisotopic (exact) mass is 239 g/mol. The topological polar surface area (TPSA) is 63.3 Å². The molecule has 0 spiro atoms. The van der Waals surface area contributed by atoms with Crippen molar-refractivity contribution in [1.82, 2.24) is 0 Å². The summed E-state index contributed by atoms with van der Waals surface area (Å²) >= 11 is 5.81. The van der Waals surface area contributed by atoms with Gasteiger partial charge in [0.2, 0.25) is 0 Å². The molecule has 1 unspecified atom stereocenters.